The first-order valence-electron chi connectivity index (χ1n) is 5.90. The van der Waals surface area contributed by atoms with Crippen molar-refractivity contribution in [3.8, 4) is 0 Å². The van der Waals surface area contributed by atoms with Gasteiger partial charge in [0.2, 0.25) is 0 Å². The fourth-order valence-electron chi connectivity index (χ4n) is 1.79. The summed E-state index contributed by atoms with van der Waals surface area (Å²) < 4.78 is 31.5. The number of rotatable bonds is 2. The molecule has 1 aliphatic rings. The van der Waals surface area contributed by atoms with Crippen LogP contribution in [0.2, 0.25) is 0 Å². The second kappa shape index (κ2) is 5.02. The van der Waals surface area contributed by atoms with Crippen LogP contribution in [-0.4, -0.2) is 25.9 Å². The van der Waals surface area contributed by atoms with Crippen LogP contribution in [0.5, 0.6) is 0 Å². The number of aryl methyl sites for hydroxylation is 1. The molecule has 0 fully saturated rings. The molecule has 18 heavy (non-hydrogen) atoms. The molecule has 1 aromatic rings. The first-order chi connectivity index (χ1) is 8.50. The SMILES string of the molecule is CC1=CN(S(=O)(=O)c2ccc(C)cc2)CCCO1. The van der Waals surface area contributed by atoms with Crippen molar-refractivity contribution in [3.63, 3.8) is 0 Å². The first kappa shape index (κ1) is 13.0. The lowest BCUT2D eigenvalue weighted by Crippen LogP contribution is -2.26. The summed E-state index contributed by atoms with van der Waals surface area (Å²) in [7, 11) is -3.46. The molecule has 0 atom stereocenters. The van der Waals surface area contributed by atoms with Crippen LogP contribution in [0.15, 0.2) is 41.1 Å². The zero-order valence-corrected chi connectivity index (χ0v) is 11.4. The third kappa shape index (κ3) is 2.67. The summed E-state index contributed by atoms with van der Waals surface area (Å²) in [5.74, 6) is 0.628. The number of sulfonamides is 1. The third-order valence-electron chi connectivity index (χ3n) is 2.81. The molecular weight excluding hydrogens is 250 g/mol. The number of hydrogen-bond acceptors (Lipinski definition) is 3. The predicted octanol–water partition coefficient (Wildman–Crippen LogP) is 2.27. The summed E-state index contributed by atoms with van der Waals surface area (Å²) in [5.41, 5.74) is 1.04. The van der Waals surface area contributed by atoms with Crippen LogP contribution < -0.4 is 0 Å². The highest BCUT2D eigenvalue weighted by Gasteiger charge is 2.23. The summed E-state index contributed by atoms with van der Waals surface area (Å²) >= 11 is 0. The maximum Gasteiger partial charge on any atom is 0.263 e. The van der Waals surface area contributed by atoms with Gasteiger partial charge in [0.1, 0.15) is 5.76 Å². The number of allylic oxidation sites excluding steroid dienone is 1. The van der Waals surface area contributed by atoms with Gasteiger partial charge in [-0.2, -0.15) is 0 Å². The second-order valence-electron chi connectivity index (χ2n) is 4.37. The Kier molecular flexibility index (Phi) is 3.61. The number of hydrogen-bond donors (Lipinski definition) is 0. The molecule has 1 heterocycles. The standard InChI is InChI=1S/C13H17NO3S/c1-11-4-6-13(7-5-11)18(15,16)14-8-3-9-17-12(2)10-14/h4-7,10H,3,8-9H2,1-2H3. The lowest BCUT2D eigenvalue weighted by Gasteiger charge is -2.18. The van der Waals surface area contributed by atoms with Crippen molar-refractivity contribution in [2.45, 2.75) is 25.2 Å². The number of ether oxygens (including phenoxy) is 1. The number of nitrogens with zero attached hydrogens (tertiary/aromatic N) is 1. The van der Waals surface area contributed by atoms with Gasteiger partial charge < -0.3 is 4.74 Å². The van der Waals surface area contributed by atoms with Gasteiger partial charge in [-0.3, -0.25) is 4.31 Å². The van der Waals surface area contributed by atoms with Gasteiger partial charge in [-0.15, -0.1) is 0 Å². The Hall–Kier alpha value is -1.49. The van der Waals surface area contributed by atoms with Crippen LogP contribution in [0, 0.1) is 6.92 Å². The fraction of sp³-hybridized carbons (Fsp3) is 0.385. The van der Waals surface area contributed by atoms with Gasteiger partial charge in [0.25, 0.3) is 10.0 Å². The van der Waals surface area contributed by atoms with E-state index in [0.29, 0.717) is 30.2 Å². The van der Waals surface area contributed by atoms with Crippen molar-refractivity contribution in [3.05, 3.63) is 41.8 Å². The van der Waals surface area contributed by atoms with Gasteiger partial charge in [0, 0.05) is 13.0 Å². The molecule has 0 N–H and O–H groups in total. The van der Waals surface area contributed by atoms with Gasteiger partial charge >= 0.3 is 0 Å². The lowest BCUT2D eigenvalue weighted by atomic mass is 10.2. The van der Waals surface area contributed by atoms with Crippen molar-refractivity contribution >= 4 is 10.0 Å². The molecule has 5 heteroatoms. The molecule has 0 spiro atoms. The number of benzene rings is 1. The molecule has 4 nitrogen and oxygen atoms in total. The van der Waals surface area contributed by atoms with Gasteiger partial charge in [-0.25, -0.2) is 8.42 Å². The zero-order chi connectivity index (χ0) is 13.2. The van der Waals surface area contributed by atoms with E-state index in [2.05, 4.69) is 0 Å². The second-order valence-corrected chi connectivity index (χ2v) is 6.26. The highest BCUT2D eigenvalue weighted by atomic mass is 32.2. The Bertz CT molecular complexity index is 546. The minimum absolute atomic E-state index is 0.319. The van der Waals surface area contributed by atoms with Crippen molar-refractivity contribution in [1.29, 1.82) is 0 Å². The molecule has 0 saturated carbocycles. The van der Waals surface area contributed by atoms with E-state index in [1.54, 1.807) is 37.4 Å². The smallest absolute Gasteiger partial charge is 0.263 e. The Morgan fingerprint density at radius 3 is 2.50 bits per heavy atom. The average Bonchev–Trinajstić information content (AvgIpc) is 2.55. The van der Waals surface area contributed by atoms with Crippen LogP contribution in [-0.2, 0) is 14.8 Å². The van der Waals surface area contributed by atoms with Crippen LogP contribution in [0.4, 0.5) is 0 Å². The van der Waals surface area contributed by atoms with Crippen LogP contribution in [0.3, 0.4) is 0 Å². The molecule has 1 aliphatic heterocycles. The third-order valence-corrected chi connectivity index (χ3v) is 4.58. The van der Waals surface area contributed by atoms with E-state index in [-0.39, 0.29) is 0 Å². The van der Waals surface area contributed by atoms with E-state index in [1.165, 1.54) is 4.31 Å². The van der Waals surface area contributed by atoms with Crippen molar-refractivity contribution in [1.82, 2.24) is 4.31 Å². The molecule has 2 rings (SSSR count). The Morgan fingerprint density at radius 2 is 1.83 bits per heavy atom. The summed E-state index contributed by atoms with van der Waals surface area (Å²) in [6.07, 6.45) is 2.25. The minimum Gasteiger partial charge on any atom is -0.497 e. The molecular formula is C13H17NO3S. The molecule has 0 saturated heterocycles. The Morgan fingerprint density at radius 1 is 1.17 bits per heavy atom. The van der Waals surface area contributed by atoms with E-state index in [1.807, 2.05) is 6.92 Å². The van der Waals surface area contributed by atoms with Crippen molar-refractivity contribution in [2.75, 3.05) is 13.2 Å². The highest BCUT2D eigenvalue weighted by molar-refractivity contribution is 7.89. The van der Waals surface area contributed by atoms with Crippen LogP contribution in [0.25, 0.3) is 0 Å². The molecule has 98 valence electrons. The summed E-state index contributed by atoms with van der Waals surface area (Å²) in [5, 5.41) is 0. The first-order valence-corrected chi connectivity index (χ1v) is 7.34. The fourth-order valence-corrected chi connectivity index (χ4v) is 3.20. The van der Waals surface area contributed by atoms with Crippen LogP contribution in [0.1, 0.15) is 18.9 Å². The molecule has 1 aromatic carbocycles. The molecule has 0 aromatic heterocycles. The molecule has 0 bridgehead atoms. The molecule has 0 amide bonds. The van der Waals surface area contributed by atoms with E-state index < -0.39 is 10.0 Å². The molecule has 0 unspecified atom stereocenters. The quantitative estimate of drug-likeness (QED) is 0.825. The largest absolute Gasteiger partial charge is 0.497 e. The summed E-state index contributed by atoms with van der Waals surface area (Å²) in [6.45, 7) is 4.71. The monoisotopic (exact) mass is 267 g/mol. The highest BCUT2D eigenvalue weighted by Crippen LogP contribution is 2.19. The van der Waals surface area contributed by atoms with Gasteiger partial charge in [-0.1, -0.05) is 17.7 Å². The van der Waals surface area contributed by atoms with E-state index in [9.17, 15) is 8.42 Å². The molecule has 0 aliphatic carbocycles. The van der Waals surface area contributed by atoms with Gasteiger partial charge in [-0.05, 0) is 26.0 Å². The normalized spacial score (nSPS) is 16.8. The molecule has 0 radical (unpaired) electrons. The van der Waals surface area contributed by atoms with E-state index in [0.717, 1.165) is 5.56 Å². The maximum absolute atomic E-state index is 12.4. The van der Waals surface area contributed by atoms with Gasteiger partial charge in [0.05, 0.1) is 17.7 Å². The van der Waals surface area contributed by atoms with Crippen LogP contribution >= 0.6 is 0 Å². The zero-order valence-electron chi connectivity index (χ0n) is 10.6. The average molecular weight is 267 g/mol. The van der Waals surface area contributed by atoms with Gasteiger partial charge in [0.15, 0.2) is 0 Å². The van der Waals surface area contributed by atoms with E-state index in [4.69, 9.17) is 4.74 Å². The summed E-state index contributed by atoms with van der Waals surface area (Å²) in [4.78, 5) is 0.319. The van der Waals surface area contributed by atoms with Crippen molar-refractivity contribution in [2.24, 2.45) is 0 Å². The summed E-state index contributed by atoms with van der Waals surface area (Å²) in [6, 6.07) is 6.88. The predicted molar refractivity (Wildman–Crippen MR) is 69.4 cm³/mol. The topological polar surface area (TPSA) is 46.6 Å². The Labute approximate surface area is 108 Å². The lowest BCUT2D eigenvalue weighted by molar-refractivity contribution is 0.217. The Balaban J connectivity index is 2.35. The van der Waals surface area contributed by atoms with E-state index >= 15 is 0 Å². The minimum atomic E-state index is -3.46. The maximum atomic E-state index is 12.4. The van der Waals surface area contributed by atoms with Crippen molar-refractivity contribution < 1.29 is 13.2 Å².